The first kappa shape index (κ1) is 16.4. The van der Waals surface area contributed by atoms with E-state index in [4.69, 9.17) is 4.74 Å². The number of aldehydes is 1. The largest absolute Gasteiger partial charge is 0.449 e. The van der Waals surface area contributed by atoms with Crippen molar-refractivity contribution in [1.29, 1.82) is 0 Å². The van der Waals surface area contributed by atoms with Crippen molar-refractivity contribution in [3.63, 3.8) is 0 Å². The van der Waals surface area contributed by atoms with Gasteiger partial charge in [-0.25, -0.2) is 4.79 Å². The minimum Gasteiger partial charge on any atom is -0.449 e. The molecule has 5 nitrogen and oxygen atoms in total. The van der Waals surface area contributed by atoms with Gasteiger partial charge in [0.25, 0.3) is 5.91 Å². The molecule has 0 aliphatic heterocycles. The summed E-state index contributed by atoms with van der Waals surface area (Å²) in [6.45, 7) is 3.42. The van der Waals surface area contributed by atoms with E-state index in [2.05, 4.69) is 5.32 Å². The molecule has 2 aromatic rings. The molecular formula is C18H17NO4. The maximum atomic E-state index is 12.1. The second-order valence-corrected chi connectivity index (χ2v) is 5.15. The van der Waals surface area contributed by atoms with Crippen molar-refractivity contribution in [3.8, 4) is 0 Å². The van der Waals surface area contributed by atoms with Crippen LogP contribution in [0, 0.1) is 6.92 Å². The van der Waals surface area contributed by atoms with Gasteiger partial charge in [0.1, 0.15) is 6.29 Å². The zero-order valence-corrected chi connectivity index (χ0v) is 12.9. The molecule has 2 aromatic carbocycles. The Kier molecular flexibility index (Phi) is 5.25. The molecule has 1 atom stereocenters. The van der Waals surface area contributed by atoms with Crippen molar-refractivity contribution < 1.29 is 19.1 Å². The number of ether oxygens (including phenoxy) is 1. The van der Waals surface area contributed by atoms with Crippen LogP contribution in [0.1, 0.15) is 33.2 Å². The highest BCUT2D eigenvalue weighted by atomic mass is 16.5. The molecule has 0 aromatic heterocycles. The molecule has 23 heavy (non-hydrogen) atoms. The number of hydrogen-bond acceptors (Lipinski definition) is 4. The Balaban J connectivity index is 1.96. The van der Waals surface area contributed by atoms with E-state index in [0.29, 0.717) is 17.5 Å². The first-order valence-electron chi connectivity index (χ1n) is 7.13. The Labute approximate surface area is 134 Å². The molecule has 0 saturated carbocycles. The Bertz CT molecular complexity index is 722. The van der Waals surface area contributed by atoms with Gasteiger partial charge in [0.05, 0.1) is 5.56 Å². The summed E-state index contributed by atoms with van der Waals surface area (Å²) < 4.78 is 5.13. The third-order valence-corrected chi connectivity index (χ3v) is 3.22. The van der Waals surface area contributed by atoms with Crippen molar-refractivity contribution in [2.75, 3.05) is 5.32 Å². The zero-order valence-electron chi connectivity index (χ0n) is 12.9. The number of hydrogen-bond donors (Lipinski definition) is 1. The van der Waals surface area contributed by atoms with E-state index in [1.165, 1.54) is 31.2 Å². The summed E-state index contributed by atoms with van der Waals surface area (Å²) >= 11 is 0. The fourth-order valence-electron chi connectivity index (χ4n) is 1.95. The number of esters is 1. The maximum absolute atomic E-state index is 12.1. The van der Waals surface area contributed by atoms with Gasteiger partial charge in [-0.1, -0.05) is 24.3 Å². The van der Waals surface area contributed by atoms with Crippen molar-refractivity contribution in [2.45, 2.75) is 20.0 Å². The third-order valence-electron chi connectivity index (χ3n) is 3.22. The molecule has 0 bridgehead atoms. The molecule has 2 rings (SSSR count). The molecule has 5 heteroatoms. The summed E-state index contributed by atoms with van der Waals surface area (Å²) in [5.74, 6) is -1.03. The van der Waals surface area contributed by atoms with E-state index in [0.717, 1.165) is 5.56 Å². The summed E-state index contributed by atoms with van der Waals surface area (Å²) in [5, 5.41) is 2.70. The Morgan fingerprint density at radius 3 is 2.43 bits per heavy atom. The number of benzene rings is 2. The predicted octanol–water partition coefficient (Wildman–Crippen LogP) is 2.99. The molecule has 0 fully saturated rings. The number of rotatable bonds is 5. The van der Waals surface area contributed by atoms with Crippen LogP contribution in [0.5, 0.6) is 0 Å². The van der Waals surface area contributed by atoms with Crippen molar-refractivity contribution in [1.82, 2.24) is 0 Å². The van der Waals surface area contributed by atoms with Crippen LogP contribution >= 0.6 is 0 Å². The summed E-state index contributed by atoms with van der Waals surface area (Å²) in [6, 6.07) is 13.3. The Morgan fingerprint density at radius 2 is 1.83 bits per heavy atom. The lowest BCUT2D eigenvalue weighted by Gasteiger charge is -2.14. The molecule has 0 unspecified atom stereocenters. The molecule has 0 aliphatic rings. The molecular weight excluding hydrogens is 294 g/mol. The van der Waals surface area contributed by atoms with E-state index >= 15 is 0 Å². The number of carbonyl (C=O) groups excluding carboxylic acids is 3. The lowest BCUT2D eigenvalue weighted by molar-refractivity contribution is -0.123. The van der Waals surface area contributed by atoms with Gasteiger partial charge in [-0.15, -0.1) is 0 Å². The van der Waals surface area contributed by atoms with E-state index in [1.54, 1.807) is 6.07 Å². The Morgan fingerprint density at radius 1 is 1.13 bits per heavy atom. The second-order valence-electron chi connectivity index (χ2n) is 5.15. The summed E-state index contributed by atoms with van der Waals surface area (Å²) in [7, 11) is 0. The first-order valence-corrected chi connectivity index (χ1v) is 7.13. The SMILES string of the molecule is Cc1cccc(NC(=O)[C@H](C)OC(=O)c2ccc(C=O)cc2)c1. The minimum atomic E-state index is -0.936. The van der Waals surface area contributed by atoms with Crippen molar-refractivity contribution in [2.24, 2.45) is 0 Å². The predicted molar refractivity (Wildman–Crippen MR) is 86.5 cm³/mol. The molecule has 1 amide bonds. The summed E-state index contributed by atoms with van der Waals surface area (Å²) in [4.78, 5) is 34.6. The number of aryl methyl sites for hydroxylation is 1. The van der Waals surface area contributed by atoms with Crippen LogP contribution in [-0.2, 0) is 9.53 Å². The Hall–Kier alpha value is -2.95. The quantitative estimate of drug-likeness (QED) is 0.680. The number of nitrogens with one attached hydrogen (secondary N) is 1. The minimum absolute atomic E-state index is 0.283. The average Bonchev–Trinajstić information content (AvgIpc) is 2.54. The van der Waals surface area contributed by atoms with Crippen LogP contribution in [0.2, 0.25) is 0 Å². The van der Waals surface area contributed by atoms with Crippen LogP contribution in [0.15, 0.2) is 48.5 Å². The van der Waals surface area contributed by atoms with Gasteiger partial charge in [-0.05, 0) is 43.7 Å². The third kappa shape index (κ3) is 4.51. The molecule has 0 saturated heterocycles. The van der Waals surface area contributed by atoms with Crippen LogP contribution in [-0.4, -0.2) is 24.3 Å². The van der Waals surface area contributed by atoms with E-state index in [-0.39, 0.29) is 5.56 Å². The molecule has 0 aliphatic carbocycles. The fraction of sp³-hybridized carbons (Fsp3) is 0.167. The van der Waals surface area contributed by atoms with Crippen molar-refractivity contribution in [3.05, 3.63) is 65.2 Å². The van der Waals surface area contributed by atoms with Crippen molar-refractivity contribution >= 4 is 23.9 Å². The first-order chi connectivity index (χ1) is 11.0. The zero-order chi connectivity index (χ0) is 16.8. The summed E-state index contributed by atoms with van der Waals surface area (Å²) in [5.41, 5.74) is 2.41. The van der Waals surface area contributed by atoms with E-state index < -0.39 is 18.0 Å². The van der Waals surface area contributed by atoms with Gasteiger partial charge in [-0.2, -0.15) is 0 Å². The molecule has 0 radical (unpaired) electrons. The van der Waals surface area contributed by atoms with Crippen LogP contribution in [0.25, 0.3) is 0 Å². The number of anilines is 1. The lowest BCUT2D eigenvalue weighted by atomic mass is 10.1. The smallest absolute Gasteiger partial charge is 0.338 e. The highest BCUT2D eigenvalue weighted by Gasteiger charge is 2.19. The van der Waals surface area contributed by atoms with Gasteiger partial charge in [0.2, 0.25) is 0 Å². The summed E-state index contributed by atoms with van der Waals surface area (Å²) in [6.07, 6.45) is -0.249. The molecule has 0 heterocycles. The topological polar surface area (TPSA) is 72.5 Å². The standard InChI is InChI=1S/C18H17NO4/c1-12-4-3-5-16(10-12)19-17(21)13(2)23-18(22)15-8-6-14(11-20)7-9-15/h3-11,13H,1-2H3,(H,19,21)/t13-/m0/s1. The van der Waals surface area contributed by atoms with Gasteiger partial charge < -0.3 is 10.1 Å². The van der Waals surface area contributed by atoms with Gasteiger partial charge in [0.15, 0.2) is 6.10 Å². The highest BCUT2D eigenvalue weighted by Crippen LogP contribution is 2.11. The van der Waals surface area contributed by atoms with Gasteiger partial charge in [-0.3, -0.25) is 9.59 Å². The fourth-order valence-corrected chi connectivity index (χ4v) is 1.95. The van der Waals surface area contributed by atoms with Crippen LogP contribution in [0.4, 0.5) is 5.69 Å². The molecule has 0 spiro atoms. The molecule has 1 N–H and O–H groups in total. The maximum Gasteiger partial charge on any atom is 0.338 e. The van der Waals surface area contributed by atoms with Gasteiger partial charge in [0, 0.05) is 11.3 Å². The second kappa shape index (κ2) is 7.35. The average molecular weight is 311 g/mol. The van der Waals surface area contributed by atoms with E-state index in [9.17, 15) is 14.4 Å². The molecule has 118 valence electrons. The van der Waals surface area contributed by atoms with Crippen LogP contribution in [0.3, 0.4) is 0 Å². The highest BCUT2D eigenvalue weighted by molar-refractivity contribution is 5.97. The van der Waals surface area contributed by atoms with Crippen LogP contribution < -0.4 is 5.32 Å². The number of amides is 1. The normalized spacial score (nSPS) is 11.4. The lowest BCUT2D eigenvalue weighted by Crippen LogP contribution is -2.30. The number of carbonyl (C=O) groups is 3. The van der Waals surface area contributed by atoms with Gasteiger partial charge >= 0.3 is 5.97 Å². The monoisotopic (exact) mass is 311 g/mol. The van der Waals surface area contributed by atoms with E-state index in [1.807, 2.05) is 25.1 Å².